The highest BCUT2D eigenvalue weighted by atomic mass is 79.9. The minimum atomic E-state index is -0.436. The SMILES string of the molecule is OC1CCC(n2nc(Br)c3cnc(Nc4cc(F)cc(Cl)c4)nc32)CC1. The van der Waals surface area contributed by atoms with Crippen LogP contribution in [0.15, 0.2) is 29.0 Å². The molecule has 0 saturated heterocycles. The van der Waals surface area contributed by atoms with E-state index < -0.39 is 5.82 Å². The smallest absolute Gasteiger partial charge is 0.229 e. The molecule has 1 aromatic carbocycles. The zero-order chi connectivity index (χ0) is 18.3. The number of hydrogen-bond acceptors (Lipinski definition) is 5. The van der Waals surface area contributed by atoms with Gasteiger partial charge < -0.3 is 10.4 Å². The average Bonchev–Trinajstić information content (AvgIpc) is 2.91. The molecule has 0 unspecified atom stereocenters. The molecule has 3 aromatic rings. The maximum absolute atomic E-state index is 13.5. The minimum Gasteiger partial charge on any atom is -0.393 e. The fourth-order valence-electron chi connectivity index (χ4n) is 3.26. The summed E-state index contributed by atoms with van der Waals surface area (Å²) in [6.45, 7) is 0. The zero-order valence-electron chi connectivity index (χ0n) is 13.7. The first-order valence-electron chi connectivity index (χ1n) is 8.31. The maximum Gasteiger partial charge on any atom is 0.229 e. The molecule has 0 spiro atoms. The van der Waals surface area contributed by atoms with Crippen LogP contribution >= 0.6 is 27.5 Å². The molecule has 1 aliphatic carbocycles. The highest BCUT2D eigenvalue weighted by Gasteiger charge is 2.24. The van der Waals surface area contributed by atoms with Crippen LogP contribution in [0.3, 0.4) is 0 Å². The van der Waals surface area contributed by atoms with Crippen LogP contribution in [-0.4, -0.2) is 31.0 Å². The Morgan fingerprint density at radius 2 is 2.00 bits per heavy atom. The third-order valence-corrected chi connectivity index (χ3v) is 5.34. The quantitative estimate of drug-likeness (QED) is 0.622. The van der Waals surface area contributed by atoms with E-state index in [2.05, 4.69) is 36.3 Å². The van der Waals surface area contributed by atoms with Crippen molar-refractivity contribution in [2.24, 2.45) is 0 Å². The molecule has 1 saturated carbocycles. The number of nitrogens with one attached hydrogen (secondary N) is 1. The summed E-state index contributed by atoms with van der Waals surface area (Å²) in [5, 5.41) is 18.4. The molecule has 2 heterocycles. The van der Waals surface area contributed by atoms with Crippen molar-refractivity contribution < 1.29 is 9.50 Å². The van der Waals surface area contributed by atoms with Crippen molar-refractivity contribution in [3.8, 4) is 0 Å². The number of benzene rings is 1. The van der Waals surface area contributed by atoms with Crippen LogP contribution in [0.4, 0.5) is 16.0 Å². The first-order valence-corrected chi connectivity index (χ1v) is 9.48. The van der Waals surface area contributed by atoms with Crippen LogP contribution in [0.1, 0.15) is 31.7 Å². The molecule has 6 nitrogen and oxygen atoms in total. The van der Waals surface area contributed by atoms with Crippen molar-refractivity contribution in [2.45, 2.75) is 37.8 Å². The lowest BCUT2D eigenvalue weighted by molar-refractivity contribution is 0.109. The Hall–Kier alpha value is -1.77. The number of hydrogen-bond donors (Lipinski definition) is 2. The molecule has 0 atom stereocenters. The zero-order valence-corrected chi connectivity index (χ0v) is 16.0. The third kappa shape index (κ3) is 3.54. The summed E-state index contributed by atoms with van der Waals surface area (Å²) in [4.78, 5) is 8.85. The minimum absolute atomic E-state index is 0.179. The number of aromatic nitrogens is 4. The second-order valence-corrected chi connectivity index (χ2v) is 7.60. The van der Waals surface area contributed by atoms with Gasteiger partial charge in [-0.2, -0.15) is 10.1 Å². The van der Waals surface area contributed by atoms with Crippen LogP contribution in [0.25, 0.3) is 11.0 Å². The van der Waals surface area contributed by atoms with E-state index in [0.29, 0.717) is 26.9 Å². The van der Waals surface area contributed by atoms with Crippen molar-refractivity contribution >= 4 is 50.2 Å². The van der Waals surface area contributed by atoms with E-state index in [1.807, 2.05) is 4.68 Å². The Bertz CT molecular complexity index is 937. The average molecular weight is 441 g/mol. The van der Waals surface area contributed by atoms with Crippen molar-refractivity contribution in [1.82, 2.24) is 19.7 Å². The number of aliphatic hydroxyl groups is 1. The number of rotatable bonds is 3. The largest absolute Gasteiger partial charge is 0.393 e. The second kappa shape index (κ2) is 7.09. The lowest BCUT2D eigenvalue weighted by Gasteiger charge is -2.25. The molecule has 9 heteroatoms. The Morgan fingerprint density at radius 3 is 2.73 bits per heavy atom. The molecular weight excluding hydrogens is 425 g/mol. The molecular formula is C17H16BrClFN5O. The Kier molecular flexibility index (Phi) is 4.81. The normalized spacial score (nSPS) is 20.5. The molecule has 0 amide bonds. The summed E-state index contributed by atoms with van der Waals surface area (Å²) in [7, 11) is 0. The lowest BCUT2D eigenvalue weighted by atomic mass is 9.93. The van der Waals surface area contributed by atoms with E-state index in [-0.39, 0.29) is 12.1 Å². The third-order valence-electron chi connectivity index (χ3n) is 4.53. The fraction of sp³-hybridized carbons (Fsp3) is 0.353. The van der Waals surface area contributed by atoms with Gasteiger partial charge in [0.1, 0.15) is 10.4 Å². The number of aliphatic hydroxyl groups excluding tert-OH is 1. The Labute approximate surface area is 162 Å². The highest BCUT2D eigenvalue weighted by molar-refractivity contribution is 9.10. The molecule has 1 aliphatic rings. The number of halogens is 3. The summed E-state index contributed by atoms with van der Waals surface area (Å²) in [6.07, 6.45) is 4.63. The summed E-state index contributed by atoms with van der Waals surface area (Å²) in [5.41, 5.74) is 1.17. The molecule has 0 radical (unpaired) electrons. The predicted octanol–water partition coefficient (Wildman–Crippen LogP) is 4.60. The molecule has 1 fully saturated rings. The van der Waals surface area contributed by atoms with Gasteiger partial charge in [0.25, 0.3) is 0 Å². The molecule has 0 aliphatic heterocycles. The first-order chi connectivity index (χ1) is 12.5. The fourth-order valence-corrected chi connectivity index (χ4v) is 3.93. The van der Waals surface area contributed by atoms with Gasteiger partial charge in [-0.05, 0) is 59.8 Å². The standard InChI is InChI=1S/C17H16BrClFN5O/c18-15-14-8-21-17(22-11-6-9(19)5-10(20)7-11)23-16(14)25(24-15)12-1-3-13(26)4-2-12/h5-8,12-13,26H,1-4H2,(H,21,22,23). The van der Waals surface area contributed by atoms with Gasteiger partial charge in [0.05, 0.1) is 17.5 Å². The van der Waals surface area contributed by atoms with Crippen LogP contribution in [0.2, 0.25) is 5.02 Å². The van der Waals surface area contributed by atoms with Gasteiger partial charge >= 0.3 is 0 Å². The summed E-state index contributed by atoms with van der Waals surface area (Å²) in [5.74, 6) is -0.0988. The molecule has 2 aromatic heterocycles. The number of fused-ring (bicyclic) bond motifs is 1. The molecule has 4 rings (SSSR count). The van der Waals surface area contributed by atoms with Crippen molar-refractivity contribution in [2.75, 3.05) is 5.32 Å². The van der Waals surface area contributed by atoms with E-state index in [9.17, 15) is 9.50 Å². The molecule has 26 heavy (non-hydrogen) atoms. The van der Waals surface area contributed by atoms with Gasteiger partial charge in [0.2, 0.25) is 5.95 Å². The van der Waals surface area contributed by atoms with Gasteiger partial charge in [-0.3, -0.25) is 0 Å². The van der Waals surface area contributed by atoms with E-state index in [1.165, 1.54) is 12.1 Å². The molecule has 0 bridgehead atoms. The first kappa shape index (κ1) is 17.6. The predicted molar refractivity (Wildman–Crippen MR) is 101 cm³/mol. The van der Waals surface area contributed by atoms with Gasteiger partial charge in [0, 0.05) is 16.9 Å². The summed E-state index contributed by atoms with van der Waals surface area (Å²) in [6, 6.07) is 4.35. The van der Waals surface area contributed by atoms with Crippen molar-refractivity contribution in [3.63, 3.8) is 0 Å². The topological polar surface area (TPSA) is 75.9 Å². The lowest BCUT2D eigenvalue weighted by Crippen LogP contribution is -2.22. The Morgan fingerprint density at radius 1 is 1.23 bits per heavy atom. The van der Waals surface area contributed by atoms with Gasteiger partial charge in [-0.25, -0.2) is 14.1 Å². The van der Waals surface area contributed by atoms with Crippen LogP contribution < -0.4 is 5.32 Å². The maximum atomic E-state index is 13.5. The van der Waals surface area contributed by atoms with Crippen LogP contribution in [0.5, 0.6) is 0 Å². The summed E-state index contributed by atoms with van der Waals surface area (Å²) < 4.78 is 16.1. The summed E-state index contributed by atoms with van der Waals surface area (Å²) >= 11 is 9.35. The van der Waals surface area contributed by atoms with Crippen molar-refractivity contribution in [3.05, 3.63) is 39.8 Å². The molecule has 2 N–H and O–H groups in total. The van der Waals surface area contributed by atoms with E-state index in [0.717, 1.165) is 31.1 Å². The second-order valence-electron chi connectivity index (χ2n) is 6.41. The van der Waals surface area contributed by atoms with Crippen LogP contribution in [-0.2, 0) is 0 Å². The van der Waals surface area contributed by atoms with E-state index in [4.69, 9.17) is 11.6 Å². The Balaban J connectivity index is 1.68. The van der Waals surface area contributed by atoms with E-state index >= 15 is 0 Å². The number of anilines is 2. The van der Waals surface area contributed by atoms with Crippen LogP contribution in [0, 0.1) is 5.82 Å². The highest BCUT2D eigenvalue weighted by Crippen LogP contribution is 2.33. The van der Waals surface area contributed by atoms with Gasteiger partial charge in [0.15, 0.2) is 5.65 Å². The van der Waals surface area contributed by atoms with E-state index in [1.54, 1.807) is 12.3 Å². The monoisotopic (exact) mass is 439 g/mol. The molecule has 136 valence electrons. The number of nitrogens with zero attached hydrogens (tertiary/aromatic N) is 4. The van der Waals surface area contributed by atoms with Crippen molar-refractivity contribution in [1.29, 1.82) is 0 Å². The van der Waals surface area contributed by atoms with Gasteiger partial charge in [-0.15, -0.1) is 0 Å². The van der Waals surface area contributed by atoms with Gasteiger partial charge in [-0.1, -0.05) is 11.6 Å².